The Kier molecular flexibility index (Phi) is 5.08. The normalized spacial score (nSPS) is 21.1. The Morgan fingerprint density at radius 2 is 2.00 bits per heavy atom. The molecule has 0 unspecified atom stereocenters. The predicted molar refractivity (Wildman–Crippen MR) is 106 cm³/mol. The van der Waals surface area contributed by atoms with Gasteiger partial charge >= 0.3 is 0 Å². The lowest BCUT2D eigenvalue weighted by atomic mass is 9.73. The fraction of sp³-hybridized carbons (Fsp3) is 0.250. The number of amides is 1. The Hall–Kier alpha value is -2.81. The molecule has 1 saturated carbocycles. The molecule has 29 heavy (non-hydrogen) atoms. The van der Waals surface area contributed by atoms with Gasteiger partial charge < -0.3 is 11.1 Å². The Labute approximate surface area is 169 Å². The van der Waals surface area contributed by atoms with Crippen LogP contribution in [0.3, 0.4) is 0 Å². The Balaban J connectivity index is 1.70. The lowest BCUT2D eigenvalue weighted by molar-refractivity contribution is 0.101. The van der Waals surface area contributed by atoms with Gasteiger partial charge in [0.2, 0.25) is 0 Å². The van der Waals surface area contributed by atoms with Gasteiger partial charge in [-0.05, 0) is 48.4 Å². The number of anilines is 1. The van der Waals surface area contributed by atoms with Gasteiger partial charge in [-0.1, -0.05) is 18.2 Å². The average molecular weight is 418 g/mol. The first-order valence-electron chi connectivity index (χ1n) is 9.03. The van der Waals surface area contributed by atoms with E-state index in [1.165, 1.54) is 30.0 Å². The smallest absolute Gasteiger partial charge is 0.277 e. The second kappa shape index (κ2) is 7.55. The summed E-state index contributed by atoms with van der Waals surface area (Å²) in [6, 6.07) is 4.66. The topological polar surface area (TPSA) is 80.4 Å². The summed E-state index contributed by atoms with van der Waals surface area (Å²) in [7, 11) is 0. The quantitative estimate of drug-likeness (QED) is 0.771. The minimum atomic E-state index is -1.08. The summed E-state index contributed by atoms with van der Waals surface area (Å²) >= 11 is 1.31. The van der Waals surface area contributed by atoms with Gasteiger partial charge in [0.15, 0.2) is 16.7 Å². The molecular formula is C20H17F3N4OS. The second-order valence-electron chi connectivity index (χ2n) is 6.91. The van der Waals surface area contributed by atoms with Crippen molar-refractivity contribution >= 4 is 28.5 Å². The number of nitrogens with zero attached hydrogens (tertiary/aromatic N) is 2. The number of fused-ring (bicyclic) bond motifs is 1. The highest BCUT2D eigenvalue weighted by Gasteiger charge is 2.42. The minimum absolute atomic E-state index is 0.253. The van der Waals surface area contributed by atoms with Crippen LogP contribution in [0.2, 0.25) is 0 Å². The molecule has 2 aromatic rings. The van der Waals surface area contributed by atoms with Gasteiger partial charge in [-0.3, -0.25) is 4.79 Å². The van der Waals surface area contributed by atoms with E-state index in [-0.39, 0.29) is 5.69 Å². The van der Waals surface area contributed by atoms with E-state index in [1.54, 1.807) is 0 Å². The number of aromatic nitrogens is 1. The molecular weight excluding hydrogens is 401 g/mol. The minimum Gasteiger partial charge on any atom is -0.378 e. The largest absolute Gasteiger partial charge is 0.378 e. The third-order valence-corrected chi connectivity index (χ3v) is 5.82. The van der Waals surface area contributed by atoms with Gasteiger partial charge in [0, 0.05) is 17.3 Å². The number of pyridine rings is 1. The highest BCUT2D eigenvalue weighted by Crippen LogP contribution is 2.49. The molecule has 3 N–H and O–H groups in total. The number of nitrogens with one attached hydrogen (secondary N) is 1. The summed E-state index contributed by atoms with van der Waals surface area (Å²) in [4.78, 5) is 20.4. The SMILES string of the molecule is NC1=N[C@@]2(c3cc(NC(=O)c4ncc(F)cc4F)ccc3F)CCCCC2=CS1. The molecule has 2 aliphatic rings. The fourth-order valence-corrected chi connectivity index (χ4v) is 4.54. The molecule has 5 nitrogen and oxygen atoms in total. The first-order valence-corrected chi connectivity index (χ1v) is 9.91. The lowest BCUT2D eigenvalue weighted by Crippen LogP contribution is -2.35. The Morgan fingerprint density at radius 1 is 1.17 bits per heavy atom. The van der Waals surface area contributed by atoms with Crippen molar-refractivity contribution in [3.8, 4) is 0 Å². The third kappa shape index (κ3) is 3.62. The number of nitrogens with two attached hydrogens (primary N) is 1. The number of benzene rings is 1. The van der Waals surface area contributed by atoms with Crippen LogP contribution in [0.4, 0.5) is 18.9 Å². The molecule has 1 atom stereocenters. The van der Waals surface area contributed by atoms with Gasteiger partial charge in [-0.2, -0.15) is 0 Å². The summed E-state index contributed by atoms with van der Waals surface area (Å²) in [5, 5.41) is 4.76. The number of hydrogen-bond acceptors (Lipinski definition) is 5. The molecule has 1 aromatic carbocycles. The van der Waals surface area contributed by atoms with Gasteiger partial charge in [-0.15, -0.1) is 0 Å². The number of rotatable bonds is 3. The van der Waals surface area contributed by atoms with Crippen molar-refractivity contribution in [2.24, 2.45) is 10.7 Å². The monoisotopic (exact) mass is 418 g/mol. The molecule has 1 aliphatic heterocycles. The molecule has 1 fully saturated rings. The number of carbonyl (C=O) groups is 1. The van der Waals surface area contributed by atoms with Crippen LogP contribution < -0.4 is 11.1 Å². The van der Waals surface area contributed by atoms with E-state index in [0.717, 1.165) is 31.0 Å². The van der Waals surface area contributed by atoms with Gasteiger partial charge in [0.05, 0.1) is 6.20 Å². The van der Waals surface area contributed by atoms with Crippen LogP contribution in [0.5, 0.6) is 0 Å². The van der Waals surface area contributed by atoms with Crippen molar-refractivity contribution in [1.82, 2.24) is 4.98 Å². The predicted octanol–water partition coefficient (Wildman–Crippen LogP) is 4.47. The van der Waals surface area contributed by atoms with Crippen LogP contribution in [0.25, 0.3) is 0 Å². The molecule has 9 heteroatoms. The van der Waals surface area contributed by atoms with Gasteiger partial charge in [-0.25, -0.2) is 23.1 Å². The molecule has 150 valence electrons. The maximum atomic E-state index is 14.8. The molecule has 4 rings (SSSR count). The van der Waals surface area contributed by atoms with E-state index in [1.807, 2.05) is 5.41 Å². The molecule has 1 amide bonds. The fourth-order valence-electron chi connectivity index (χ4n) is 3.75. The molecule has 2 heterocycles. The van der Waals surface area contributed by atoms with Crippen LogP contribution in [0.1, 0.15) is 41.7 Å². The number of halogens is 3. The van der Waals surface area contributed by atoms with Gasteiger partial charge in [0.1, 0.15) is 17.2 Å². The van der Waals surface area contributed by atoms with Crippen LogP contribution >= 0.6 is 11.8 Å². The summed E-state index contributed by atoms with van der Waals surface area (Å²) in [5.74, 6) is -3.29. The highest BCUT2D eigenvalue weighted by atomic mass is 32.2. The van der Waals surface area contributed by atoms with E-state index in [9.17, 15) is 18.0 Å². The number of amidine groups is 1. The maximum Gasteiger partial charge on any atom is 0.277 e. The van der Waals surface area contributed by atoms with Crippen LogP contribution in [-0.2, 0) is 5.54 Å². The van der Waals surface area contributed by atoms with E-state index in [2.05, 4.69) is 15.3 Å². The zero-order chi connectivity index (χ0) is 20.6. The Bertz CT molecular complexity index is 1060. The molecule has 0 bridgehead atoms. The first kappa shape index (κ1) is 19.5. The van der Waals surface area contributed by atoms with Crippen molar-refractivity contribution in [2.75, 3.05) is 5.32 Å². The van der Waals surface area contributed by atoms with Crippen molar-refractivity contribution in [3.63, 3.8) is 0 Å². The number of thioether (sulfide) groups is 1. The summed E-state index contributed by atoms with van der Waals surface area (Å²) < 4.78 is 41.7. The van der Waals surface area contributed by atoms with E-state index < -0.39 is 34.6 Å². The lowest BCUT2D eigenvalue weighted by Gasteiger charge is -2.39. The molecule has 0 radical (unpaired) electrons. The number of hydrogen-bond donors (Lipinski definition) is 2. The summed E-state index contributed by atoms with van der Waals surface area (Å²) in [6.07, 6.45) is 3.98. The average Bonchev–Trinajstić information content (AvgIpc) is 2.69. The maximum absolute atomic E-state index is 14.8. The van der Waals surface area contributed by atoms with Crippen molar-refractivity contribution < 1.29 is 18.0 Å². The van der Waals surface area contributed by atoms with E-state index in [0.29, 0.717) is 23.2 Å². The molecule has 1 aliphatic carbocycles. The van der Waals surface area contributed by atoms with Crippen LogP contribution in [0.15, 0.2) is 46.4 Å². The van der Waals surface area contributed by atoms with Crippen molar-refractivity contribution in [3.05, 3.63) is 70.2 Å². The zero-order valence-corrected chi connectivity index (χ0v) is 16.0. The Morgan fingerprint density at radius 3 is 2.79 bits per heavy atom. The molecule has 0 saturated heterocycles. The standard InChI is InChI=1S/C20H17F3N4OS/c21-12-7-16(23)17(25-9-12)18(28)26-13-4-5-15(22)14(8-13)20-6-2-1-3-11(20)10-29-19(24)27-20/h4-5,7-10H,1-3,6H2,(H2,24,27)(H,26,28)/t20-/m0/s1. The number of aliphatic imine (C=N–C) groups is 1. The first-order chi connectivity index (χ1) is 13.9. The van der Waals surface area contributed by atoms with E-state index >= 15 is 0 Å². The van der Waals surface area contributed by atoms with Crippen molar-refractivity contribution in [1.29, 1.82) is 0 Å². The van der Waals surface area contributed by atoms with Gasteiger partial charge in [0.25, 0.3) is 5.91 Å². The van der Waals surface area contributed by atoms with E-state index in [4.69, 9.17) is 5.73 Å². The third-order valence-electron chi connectivity index (χ3n) is 5.08. The number of carbonyl (C=O) groups excluding carboxylic acids is 1. The zero-order valence-electron chi connectivity index (χ0n) is 15.2. The second-order valence-corrected chi connectivity index (χ2v) is 7.80. The summed E-state index contributed by atoms with van der Waals surface area (Å²) in [5.41, 5.74) is 6.02. The van der Waals surface area contributed by atoms with Crippen LogP contribution in [-0.4, -0.2) is 16.1 Å². The molecule has 1 aromatic heterocycles. The van der Waals surface area contributed by atoms with Crippen molar-refractivity contribution in [2.45, 2.75) is 31.2 Å². The summed E-state index contributed by atoms with van der Waals surface area (Å²) in [6.45, 7) is 0. The highest BCUT2D eigenvalue weighted by molar-refractivity contribution is 8.16. The van der Waals surface area contributed by atoms with Crippen LogP contribution in [0, 0.1) is 17.5 Å². The molecule has 0 spiro atoms.